The van der Waals surface area contributed by atoms with Crippen molar-refractivity contribution in [2.75, 3.05) is 0 Å². The maximum Gasteiger partial charge on any atom is 0.349 e. The minimum atomic E-state index is -0.740. The number of aryl methyl sites for hydroxylation is 3. The molecule has 0 amide bonds. The van der Waals surface area contributed by atoms with Crippen molar-refractivity contribution in [2.24, 2.45) is 0 Å². The predicted octanol–water partition coefficient (Wildman–Crippen LogP) is 8.11. The van der Waals surface area contributed by atoms with Crippen LogP contribution < -0.4 is 0 Å². The van der Waals surface area contributed by atoms with Crippen molar-refractivity contribution in [3.63, 3.8) is 0 Å². The molecule has 0 aliphatic carbocycles. The molecule has 0 saturated heterocycles. The molecule has 0 atom stereocenters. The molecule has 1 aliphatic heterocycles. The lowest BCUT2D eigenvalue weighted by atomic mass is 9.84. The molecule has 0 spiro atoms. The van der Waals surface area contributed by atoms with E-state index in [0.717, 1.165) is 28.9 Å². The van der Waals surface area contributed by atoms with Gasteiger partial charge in [0.2, 0.25) is 0 Å². The van der Waals surface area contributed by atoms with Crippen LogP contribution in [0.25, 0.3) is 0 Å². The zero-order valence-corrected chi connectivity index (χ0v) is 22.5. The van der Waals surface area contributed by atoms with Gasteiger partial charge in [-0.15, -0.1) is 0 Å². The summed E-state index contributed by atoms with van der Waals surface area (Å²) in [4.78, 5) is 14.7. The van der Waals surface area contributed by atoms with E-state index in [1.807, 2.05) is 43.3 Å². The molecule has 36 heavy (non-hydrogen) atoms. The third kappa shape index (κ3) is 6.41. The average molecular weight is 501 g/mol. The quantitative estimate of drug-likeness (QED) is 0.317. The fourth-order valence-corrected chi connectivity index (χ4v) is 6.03. The predicted molar refractivity (Wildman–Crippen MR) is 148 cm³/mol. The summed E-state index contributed by atoms with van der Waals surface area (Å²) in [7, 11) is 0. The molecule has 188 valence electrons. The van der Waals surface area contributed by atoms with Gasteiger partial charge in [-0.1, -0.05) is 105 Å². The molecular weight excluding hydrogens is 464 g/mol. The molecule has 3 nitrogen and oxygen atoms in total. The Morgan fingerprint density at radius 2 is 1.44 bits per heavy atom. The molecule has 3 aromatic carbocycles. The van der Waals surface area contributed by atoms with Crippen LogP contribution in [-0.4, -0.2) is 16.7 Å². The average Bonchev–Trinajstić information content (AvgIpc) is 2.84. The highest BCUT2D eigenvalue weighted by molar-refractivity contribution is 8.04. The first kappa shape index (κ1) is 26.1. The van der Waals surface area contributed by atoms with E-state index in [9.17, 15) is 9.90 Å². The van der Waals surface area contributed by atoms with Crippen molar-refractivity contribution < 1.29 is 14.6 Å². The molecule has 0 radical (unpaired) electrons. The molecular formula is C32H36O3S. The number of aliphatic hydroxyl groups excluding tert-OH is 1. The number of esters is 1. The fraction of sp³-hybridized carbons (Fsp3) is 0.344. The first-order chi connectivity index (χ1) is 17.2. The lowest BCUT2D eigenvalue weighted by Gasteiger charge is -2.37. The molecule has 1 N–H and O–H groups in total. The van der Waals surface area contributed by atoms with E-state index < -0.39 is 11.6 Å². The Labute approximate surface area is 219 Å². The van der Waals surface area contributed by atoms with Crippen LogP contribution in [-0.2, 0) is 27.8 Å². The Hall–Kier alpha value is -2.98. The van der Waals surface area contributed by atoms with Gasteiger partial charge < -0.3 is 9.84 Å². The second-order valence-corrected chi connectivity index (χ2v) is 11.9. The number of thioether (sulfide) groups is 1. The first-order valence-electron chi connectivity index (χ1n) is 12.7. The highest BCUT2D eigenvalue weighted by Crippen LogP contribution is 2.44. The maximum atomic E-state index is 13.4. The Morgan fingerprint density at radius 3 is 1.94 bits per heavy atom. The van der Waals surface area contributed by atoms with Crippen molar-refractivity contribution in [2.45, 2.75) is 75.7 Å². The van der Waals surface area contributed by atoms with Gasteiger partial charge in [0.1, 0.15) is 16.3 Å². The number of hydrogen-bond acceptors (Lipinski definition) is 4. The molecule has 1 aliphatic rings. The molecule has 0 unspecified atom stereocenters. The normalized spacial score (nSPS) is 15.6. The van der Waals surface area contributed by atoms with Crippen LogP contribution in [0, 0.1) is 6.92 Å². The Balaban J connectivity index is 1.61. The van der Waals surface area contributed by atoms with Crippen LogP contribution >= 0.6 is 11.8 Å². The molecule has 0 saturated carbocycles. The monoisotopic (exact) mass is 500 g/mol. The SMILES string of the molecule is Cc1ccc(C(C)(C)C)c(SC2=C(O)CC(CCc3ccccc3)(CCc3ccccc3)OC2=O)c1. The Kier molecular flexibility index (Phi) is 7.94. The third-order valence-electron chi connectivity index (χ3n) is 6.83. The zero-order chi connectivity index (χ0) is 25.8. The van der Waals surface area contributed by atoms with E-state index in [1.165, 1.54) is 22.9 Å². The highest BCUT2D eigenvalue weighted by Gasteiger charge is 2.42. The van der Waals surface area contributed by atoms with Crippen LogP contribution in [0.2, 0.25) is 0 Å². The molecule has 0 aromatic heterocycles. The largest absolute Gasteiger partial charge is 0.511 e. The Morgan fingerprint density at radius 1 is 0.889 bits per heavy atom. The summed E-state index contributed by atoms with van der Waals surface area (Å²) in [5, 5.41) is 11.3. The Bertz CT molecular complexity index is 1180. The molecule has 3 aromatic rings. The summed E-state index contributed by atoms with van der Waals surface area (Å²) in [5.74, 6) is -0.287. The van der Waals surface area contributed by atoms with Gasteiger partial charge >= 0.3 is 5.97 Å². The summed E-state index contributed by atoms with van der Waals surface area (Å²) < 4.78 is 6.25. The van der Waals surface area contributed by atoms with Gasteiger partial charge in [-0.25, -0.2) is 4.79 Å². The maximum absolute atomic E-state index is 13.4. The topological polar surface area (TPSA) is 46.5 Å². The van der Waals surface area contributed by atoms with Gasteiger partial charge in [0.05, 0.1) is 0 Å². The van der Waals surface area contributed by atoms with E-state index in [-0.39, 0.29) is 11.2 Å². The van der Waals surface area contributed by atoms with E-state index in [0.29, 0.717) is 24.2 Å². The van der Waals surface area contributed by atoms with Gasteiger partial charge in [0, 0.05) is 11.3 Å². The molecule has 4 rings (SSSR count). The minimum Gasteiger partial charge on any atom is -0.511 e. The lowest BCUT2D eigenvalue weighted by molar-refractivity contribution is -0.159. The van der Waals surface area contributed by atoms with Gasteiger partial charge in [0.15, 0.2) is 0 Å². The number of cyclic esters (lactones) is 1. The third-order valence-corrected chi connectivity index (χ3v) is 7.99. The number of hydrogen-bond donors (Lipinski definition) is 1. The summed E-state index contributed by atoms with van der Waals surface area (Å²) in [6, 6.07) is 26.8. The first-order valence-corrected chi connectivity index (χ1v) is 13.5. The van der Waals surface area contributed by atoms with Gasteiger partial charge in [0.25, 0.3) is 0 Å². The standard InChI is InChI=1S/C32H36O3S/c1-23-15-16-26(31(2,3)4)28(21-23)36-29-27(33)22-32(35-30(29)34,19-17-24-11-7-5-8-12-24)20-18-25-13-9-6-10-14-25/h5-16,21,33H,17-20,22H2,1-4H3. The summed E-state index contributed by atoms with van der Waals surface area (Å²) in [6.07, 6.45) is 3.22. The van der Waals surface area contributed by atoms with E-state index in [4.69, 9.17) is 4.74 Å². The molecule has 0 bridgehead atoms. The number of carbonyl (C=O) groups excluding carboxylic acids is 1. The summed E-state index contributed by atoms with van der Waals surface area (Å²) in [5.41, 5.74) is 3.85. The van der Waals surface area contributed by atoms with Crippen LogP contribution in [0.5, 0.6) is 0 Å². The van der Waals surface area contributed by atoms with Gasteiger partial charge in [-0.2, -0.15) is 0 Å². The number of rotatable bonds is 8. The second-order valence-electron chi connectivity index (χ2n) is 10.8. The molecule has 0 fully saturated rings. The smallest absolute Gasteiger partial charge is 0.349 e. The number of benzene rings is 3. The van der Waals surface area contributed by atoms with Crippen molar-refractivity contribution >= 4 is 17.7 Å². The minimum absolute atomic E-state index is 0.0834. The van der Waals surface area contributed by atoms with Gasteiger partial charge in [-0.3, -0.25) is 0 Å². The van der Waals surface area contributed by atoms with Crippen molar-refractivity contribution in [1.29, 1.82) is 0 Å². The van der Waals surface area contributed by atoms with E-state index >= 15 is 0 Å². The van der Waals surface area contributed by atoms with Crippen molar-refractivity contribution in [3.05, 3.63) is 112 Å². The van der Waals surface area contributed by atoms with Crippen molar-refractivity contribution in [3.8, 4) is 0 Å². The second kappa shape index (κ2) is 11.0. The number of ether oxygens (including phenoxy) is 1. The number of carbonyl (C=O) groups is 1. The van der Waals surface area contributed by atoms with Crippen LogP contribution in [0.15, 0.2) is 94.4 Å². The summed E-state index contributed by atoms with van der Waals surface area (Å²) in [6.45, 7) is 8.52. The number of aliphatic hydroxyl groups is 1. The summed E-state index contributed by atoms with van der Waals surface area (Å²) >= 11 is 1.33. The van der Waals surface area contributed by atoms with Crippen LogP contribution in [0.3, 0.4) is 0 Å². The van der Waals surface area contributed by atoms with E-state index in [1.54, 1.807) is 0 Å². The van der Waals surface area contributed by atoms with Crippen LogP contribution in [0.4, 0.5) is 0 Å². The van der Waals surface area contributed by atoms with Crippen LogP contribution in [0.1, 0.15) is 62.3 Å². The zero-order valence-electron chi connectivity index (χ0n) is 21.7. The van der Waals surface area contributed by atoms with Crippen molar-refractivity contribution in [1.82, 2.24) is 0 Å². The molecule has 4 heteroatoms. The highest BCUT2D eigenvalue weighted by atomic mass is 32.2. The lowest BCUT2D eigenvalue weighted by Crippen LogP contribution is -2.41. The van der Waals surface area contributed by atoms with Gasteiger partial charge in [-0.05, 0) is 66.3 Å². The molecule has 1 heterocycles. The van der Waals surface area contributed by atoms with E-state index in [2.05, 4.69) is 63.2 Å². The fourth-order valence-electron chi connectivity index (χ4n) is 4.76.